The summed E-state index contributed by atoms with van der Waals surface area (Å²) in [6.45, 7) is 5.35. The number of carbonyl (C=O) groups excluding carboxylic acids is 2. The zero-order valence-corrected chi connectivity index (χ0v) is 12.7. The fourth-order valence-electron chi connectivity index (χ4n) is 2.62. The Morgan fingerprint density at radius 1 is 1.33 bits per heavy atom. The fraction of sp³-hybridized carbons (Fsp3) is 0.786. The zero-order chi connectivity index (χ0) is 16.0. The van der Waals surface area contributed by atoms with Gasteiger partial charge in [0.25, 0.3) is 0 Å². The summed E-state index contributed by atoms with van der Waals surface area (Å²) in [7, 11) is 0. The molecule has 7 nitrogen and oxygen atoms in total. The molecule has 1 unspecified atom stereocenters. The van der Waals surface area contributed by atoms with Crippen molar-refractivity contribution in [1.82, 2.24) is 9.80 Å². The van der Waals surface area contributed by atoms with Crippen LogP contribution < -0.4 is 5.73 Å². The van der Waals surface area contributed by atoms with Crippen LogP contribution in [0.5, 0.6) is 0 Å². The van der Waals surface area contributed by atoms with Crippen molar-refractivity contribution < 1.29 is 19.5 Å². The predicted molar refractivity (Wildman–Crippen MR) is 77.4 cm³/mol. The molecule has 2 amide bonds. The molecule has 0 aliphatic carbocycles. The molecular formula is C14H25N3O4. The molecule has 3 N–H and O–H groups in total. The zero-order valence-electron chi connectivity index (χ0n) is 12.7. The number of carbonyl (C=O) groups is 3. The van der Waals surface area contributed by atoms with Gasteiger partial charge in [0.1, 0.15) is 0 Å². The third-order valence-corrected chi connectivity index (χ3v) is 3.52. The molecule has 21 heavy (non-hydrogen) atoms. The summed E-state index contributed by atoms with van der Waals surface area (Å²) in [5.41, 5.74) is 5.30. The number of likely N-dealkylation sites (tertiary alicyclic amines) is 1. The van der Waals surface area contributed by atoms with Crippen molar-refractivity contribution in [3.8, 4) is 0 Å². The van der Waals surface area contributed by atoms with Gasteiger partial charge in [0.2, 0.25) is 11.8 Å². The number of amides is 2. The number of carboxylic acids is 1. The molecule has 0 radical (unpaired) electrons. The van der Waals surface area contributed by atoms with Crippen molar-refractivity contribution in [3.05, 3.63) is 0 Å². The van der Waals surface area contributed by atoms with E-state index in [1.807, 2.05) is 13.8 Å². The van der Waals surface area contributed by atoms with Gasteiger partial charge in [0.15, 0.2) is 0 Å². The van der Waals surface area contributed by atoms with Crippen LogP contribution >= 0.6 is 0 Å². The van der Waals surface area contributed by atoms with E-state index in [1.54, 1.807) is 9.80 Å². The molecule has 1 aliphatic rings. The van der Waals surface area contributed by atoms with Gasteiger partial charge in [-0.05, 0) is 18.8 Å². The van der Waals surface area contributed by atoms with Gasteiger partial charge >= 0.3 is 5.97 Å². The van der Waals surface area contributed by atoms with Gasteiger partial charge in [-0.15, -0.1) is 0 Å². The van der Waals surface area contributed by atoms with Crippen LogP contribution in [-0.4, -0.2) is 65.4 Å². The van der Waals surface area contributed by atoms with Gasteiger partial charge in [0.05, 0.1) is 19.0 Å². The molecule has 0 aromatic rings. The summed E-state index contributed by atoms with van der Waals surface area (Å²) >= 11 is 0. The molecule has 1 atom stereocenters. The van der Waals surface area contributed by atoms with Gasteiger partial charge in [-0.25, -0.2) is 0 Å². The number of nitrogens with zero attached hydrogens (tertiary/aromatic N) is 2. The average Bonchev–Trinajstić information content (AvgIpc) is 2.37. The van der Waals surface area contributed by atoms with Gasteiger partial charge in [-0.1, -0.05) is 13.8 Å². The number of piperidine rings is 1. The molecular weight excluding hydrogens is 274 g/mol. The highest BCUT2D eigenvalue weighted by Crippen LogP contribution is 2.16. The molecule has 1 saturated heterocycles. The Balaban J connectivity index is 2.59. The SMILES string of the molecule is CC(C)CN(CC(=O)O)CC(=O)N1CCCC(C(N)=O)C1. The van der Waals surface area contributed by atoms with Crippen molar-refractivity contribution in [2.24, 2.45) is 17.6 Å². The van der Waals surface area contributed by atoms with E-state index < -0.39 is 5.97 Å². The lowest BCUT2D eigenvalue weighted by Gasteiger charge is -2.33. The van der Waals surface area contributed by atoms with Gasteiger partial charge in [0, 0.05) is 19.6 Å². The van der Waals surface area contributed by atoms with Crippen LogP contribution in [-0.2, 0) is 14.4 Å². The third-order valence-electron chi connectivity index (χ3n) is 3.52. The number of hydrogen-bond acceptors (Lipinski definition) is 4. The maximum absolute atomic E-state index is 12.3. The number of aliphatic carboxylic acids is 1. The van der Waals surface area contributed by atoms with Crippen molar-refractivity contribution >= 4 is 17.8 Å². The lowest BCUT2D eigenvalue weighted by Crippen LogP contribution is -2.48. The smallest absolute Gasteiger partial charge is 0.317 e. The normalized spacial score (nSPS) is 19.0. The minimum Gasteiger partial charge on any atom is -0.480 e. The summed E-state index contributed by atoms with van der Waals surface area (Å²) in [6, 6.07) is 0. The second kappa shape index (κ2) is 7.97. The summed E-state index contributed by atoms with van der Waals surface area (Å²) in [5, 5.41) is 8.91. The number of hydrogen-bond donors (Lipinski definition) is 2. The molecule has 1 fully saturated rings. The molecule has 1 aliphatic heterocycles. The average molecular weight is 299 g/mol. The molecule has 7 heteroatoms. The van der Waals surface area contributed by atoms with Crippen molar-refractivity contribution in [2.75, 3.05) is 32.7 Å². The Morgan fingerprint density at radius 2 is 2.00 bits per heavy atom. The standard InChI is InChI=1S/C14H25N3O4/c1-10(2)6-16(9-13(19)20)8-12(18)17-5-3-4-11(7-17)14(15)21/h10-11H,3-9H2,1-2H3,(H2,15,21)(H,19,20). The van der Waals surface area contributed by atoms with Crippen molar-refractivity contribution in [1.29, 1.82) is 0 Å². The summed E-state index contributed by atoms with van der Waals surface area (Å²) < 4.78 is 0. The van der Waals surface area contributed by atoms with Crippen LogP contribution in [0, 0.1) is 11.8 Å². The Labute approximate surface area is 125 Å². The second-order valence-corrected chi connectivity index (χ2v) is 6.04. The number of nitrogens with two attached hydrogens (primary N) is 1. The lowest BCUT2D eigenvalue weighted by molar-refractivity contribution is -0.140. The van der Waals surface area contributed by atoms with E-state index in [4.69, 9.17) is 10.8 Å². The summed E-state index contributed by atoms with van der Waals surface area (Å²) in [5.74, 6) is -1.48. The van der Waals surface area contributed by atoms with Crippen LogP contribution in [0.15, 0.2) is 0 Å². The largest absolute Gasteiger partial charge is 0.480 e. The Hall–Kier alpha value is -1.63. The molecule has 0 spiro atoms. The van der Waals surface area contributed by atoms with Gasteiger partial charge in [-0.3, -0.25) is 19.3 Å². The topological polar surface area (TPSA) is 104 Å². The van der Waals surface area contributed by atoms with E-state index in [0.29, 0.717) is 26.1 Å². The first kappa shape index (κ1) is 17.4. The Bertz CT molecular complexity index is 398. The molecule has 0 bridgehead atoms. The van der Waals surface area contributed by atoms with E-state index in [9.17, 15) is 14.4 Å². The minimum atomic E-state index is -0.947. The molecule has 1 heterocycles. The highest BCUT2D eigenvalue weighted by atomic mass is 16.4. The maximum atomic E-state index is 12.3. The van der Waals surface area contributed by atoms with E-state index in [2.05, 4.69) is 0 Å². The number of carboxylic acid groups (broad SMARTS) is 1. The van der Waals surface area contributed by atoms with Gasteiger partial charge in [-0.2, -0.15) is 0 Å². The minimum absolute atomic E-state index is 0.0654. The third kappa shape index (κ3) is 6.12. The number of rotatable bonds is 7. The predicted octanol–water partition coefficient (Wildman–Crippen LogP) is -0.247. The summed E-state index contributed by atoms with van der Waals surface area (Å²) in [6.07, 6.45) is 1.46. The van der Waals surface area contributed by atoms with E-state index in [0.717, 1.165) is 6.42 Å². The second-order valence-electron chi connectivity index (χ2n) is 6.04. The van der Waals surface area contributed by atoms with Gasteiger partial charge < -0.3 is 15.7 Å². The van der Waals surface area contributed by atoms with E-state index >= 15 is 0 Å². The molecule has 0 aromatic carbocycles. The first-order valence-corrected chi connectivity index (χ1v) is 7.30. The Morgan fingerprint density at radius 3 is 2.52 bits per heavy atom. The van der Waals surface area contributed by atoms with Crippen LogP contribution in [0.2, 0.25) is 0 Å². The molecule has 0 aromatic heterocycles. The first-order valence-electron chi connectivity index (χ1n) is 7.30. The summed E-state index contributed by atoms with van der Waals surface area (Å²) in [4.78, 5) is 37.6. The molecule has 120 valence electrons. The monoisotopic (exact) mass is 299 g/mol. The van der Waals surface area contributed by atoms with Crippen LogP contribution in [0.3, 0.4) is 0 Å². The first-order chi connectivity index (χ1) is 9.79. The maximum Gasteiger partial charge on any atom is 0.317 e. The van der Waals surface area contributed by atoms with Crippen LogP contribution in [0.1, 0.15) is 26.7 Å². The lowest BCUT2D eigenvalue weighted by atomic mass is 9.97. The van der Waals surface area contributed by atoms with Crippen LogP contribution in [0.4, 0.5) is 0 Å². The quantitative estimate of drug-likeness (QED) is 0.675. The van der Waals surface area contributed by atoms with E-state index in [1.165, 1.54) is 0 Å². The van der Waals surface area contributed by atoms with Crippen molar-refractivity contribution in [2.45, 2.75) is 26.7 Å². The van der Waals surface area contributed by atoms with Crippen molar-refractivity contribution in [3.63, 3.8) is 0 Å². The highest BCUT2D eigenvalue weighted by Gasteiger charge is 2.28. The Kier molecular flexibility index (Phi) is 6.61. The fourth-order valence-corrected chi connectivity index (χ4v) is 2.62. The molecule has 0 saturated carbocycles. The highest BCUT2D eigenvalue weighted by molar-refractivity contribution is 5.81. The van der Waals surface area contributed by atoms with Crippen LogP contribution in [0.25, 0.3) is 0 Å². The van der Waals surface area contributed by atoms with E-state index in [-0.39, 0.29) is 36.7 Å². The molecule has 1 rings (SSSR count). The number of primary amides is 1.